The first kappa shape index (κ1) is 17.0. The summed E-state index contributed by atoms with van der Waals surface area (Å²) in [5.74, 6) is 0.798. The second-order valence-electron chi connectivity index (χ2n) is 6.35. The average molecular weight is 360 g/mol. The van der Waals surface area contributed by atoms with Crippen LogP contribution in [0.3, 0.4) is 0 Å². The molecule has 0 unspecified atom stereocenters. The fraction of sp³-hybridized carbons (Fsp3) is 0.190. The molecule has 0 bridgehead atoms. The molecule has 0 spiro atoms. The van der Waals surface area contributed by atoms with Crippen molar-refractivity contribution < 1.29 is 9.53 Å². The quantitative estimate of drug-likeness (QED) is 0.710. The number of para-hydroxylation sites is 1. The minimum absolute atomic E-state index is 0.00594. The third-order valence-electron chi connectivity index (χ3n) is 4.57. The monoisotopic (exact) mass is 360 g/mol. The molecule has 6 heteroatoms. The van der Waals surface area contributed by atoms with Crippen LogP contribution in [0.15, 0.2) is 60.9 Å². The van der Waals surface area contributed by atoms with Crippen LogP contribution < -0.4 is 4.74 Å². The number of rotatable bonds is 5. The first-order valence-electron chi connectivity index (χ1n) is 8.89. The van der Waals surface area contributed by atoms with Gasteiger partial charge < -0.3 is 9.64 Å². The van der Waals surface area contributed by atoms with Crippen molar-refractivity contribution in [2.45, 2.75) is 19.6 Å². The fourth-order valence-corrected chi connectivity index (χ4v) is 3.08. The summed E-state index contributed by atoms with van der Waals surface area (Å²) < 4.78 is 5.81. The van der Waals surface area contributed by atoms with Crippen LogP contribution >= 0.6 is 0 Å². The van der Waals surface area contributed by atoms with Crippen LogP contribution in [0.2, 0.25) is 0 Å². The highest BCUT2D eigenvalue weighted by atomic mass is 16.5. The summed E-state index contributed by atoms with van der Waals surface area (Å²) in [7, 11) is 0. The Morgan fingerprint density at radius 1 is 1.19 bits per heavy atom. The lowest BCUT2D eigenvalue weighted by Gasteiger charge is -2.26. The van der Waals surface area contributed by atoms with Crippen LogP contribution in [0, 0.1) is 0 Å². The van der Waals surface area contributed by atoms with Gasteiger partial charge in [-0.15, -0.1) is 0 Å². The highest BCUT2D eigenvalue weighted by Gasteiger charge is 2.24. The van der Waals surface area contributed by atoms with Crippen LogP contribution in [0.25, 0.3) is 6.08 Å². The summed E-state index contributed by atoms with van der Waals surface area (Å²) in [6.45, 7) is 1.59. The van der Waals surface area contributed by atoms with Crippen LogP contribution in [-0.2, 0) is 24.4 Å². The van der Waals surface area contributed by atoms with Gasteiger partial charge in [-0.2, -0.15) is 5.10 Å². The van der Waals surface area contributed by atoms with Crippen molar-refractivity contribution in [3.63, 3.8) is 0 Å². The molecule has 136 valence electrons. The van der Waals surface area contributed by atoms with Gasteiger partial charge in [-0.1, -0.05) is 18.2 Å². The van der Waals surface area contributed by atoms with Crippen LogP contribution in [-0.4, -0.2) is 32.5 Å². The van der Waals surface area contributed by atoms with Crippen molar-refractivity contribution in [3.8, 4) is 5.75 Å². The minimum atomic E-state index is -0.00594. The van der Waals surface area contributed by atoms with E-state index in [2.05, 4.69) is 15.2 Å². The maximum atomic E-state index is 12.6. The number of carbonyl (C=O) groups is 1. The lowest BCUT2D eigenvalue weighted by Crippen LogP contribution is -2.35. The second kappa shape index (κ2) is 7.86. The molecule has 0 radical (unpaired) electrons. The number of fused-ring (bicyclic) bond motifs is 1. The lowest BCUT2D eigenvalue weighted by atomic mass is 10.1. The zero-order valence-corrected chi connectivity index (χ0v) is 14.8. The minimum Gasteiger partial charge on any atom is -0.487 e. The van der Waals surface area contributed by atoms with Crippen molar-refractivity contribution in [3.05, 3.63) is 83.4 Å². The van der Waals surface area contributed by atoms with Crippen molar-refractivity contribution in [1.29, 1.82) is 0 Å². The lowest BCUT2D eigenvalue weighted by molar-refractivity contribution is -0.126. The highest BCUT2D eigenvalue weighted by molar-refractivity contribution is 5.91. The third kappa shape index (κ3) is 4.06. The number of aromatic nitrogens is 3. The SMILES string of the molecule is O=C(/C=C/c1ccncc1)N1CCc2[nH]nc(COc3ccccc3)c2C1. The van der Waals surface area contributed by atoms with Crippen molar-refractivity contribution in [2.75, 3.05) is 6.54 Å². The summed E-state index contributed by atoms with van der Waals surface area (Å²) >= 11 is 0. The van der Waals surface area contributed by atoms with Gasteiger partial charge >= 0.3 is 0 Å². The van der Waals surface area contributed by atoms with E-state index in [-0.39, 0.29) is 5.91 Å². The fourth-order valence-electron chi connectivity index (χ4n) is 3.08. The molecule has 3 aromatic rings. The number of amides is 1. The topological polar surface area (TPSA) is 71.1 Å². The summed E-state index contributed by atoms with van der Waals surface area (Å²) in [5, 5.41) is 7.47. The number of H-pyrrole nitrogens is 1. The summed E-state index contributed by atoms with van der Waals surface area (Å²) in [4.78, 5) is 18.4. The maximum absolute atomic E-state index is 12.6. The van der Waals surface area contributed by atoms with Gasteiger partial charge in [-0.25, -0.2) is 0 Å². The highest BCUT2D eigenvalue weighted by Crippen LogP contribution is 2.22. The first-order chi connectivity index (χ1) is 13.3. The van der Waals surface area contributed by atoms with Crippen LogP contribution in [0.1, 0.15) is 22.5 Å². The van der Waals surface area contributed by atoms with Gasteiger partial charge in [0.2, 0.25) is 5.91 Å². The van der Waals surface area contributed by atoms with E-state index in [1.165, 1.54) is 0 Å². The molecule has 1 N–H and O–H groups in total. The molecule has 1 aliphatic heterocycles. The van der Waals surface area contributed by atoms with E-state index >= 15 is 0 Å². The molecule has 2 aromatic heterocycles. The number of nitrogens with zero attached hydrogens (tertiary/aromatic N) is 3. The van der Waals surface area contributed by atoms with Gasteiger partial charge in [0.05, 0.1) is 0 Å². The molecule has 1 amide bonds. The zero-order valence-electron chi connectivity index (χ0n) is 14.8. The Labute approximate surface area is 157 Å². The molecule has 27 heavy (non-hydrogen) atoms. The molecule has 0 aliphatic carbocycles. The van der Waals surface area contributed by atoms with Crippen molar-refractivity contribution >= 4 is 12.0 Å². The van der Waals surface area contributed by atoms with E-state index in [9.17, 15) is 4.79 Å². The Kier molecular flexibility index (Phi) is 4.96. The van der Waals surface area contributed by atoms with Gasteiger partial charge in [0.25, 0.3) is 0 Å². The Bertz CT molecular complexity index is 935. The van der Waals surface area contributed by atoms with E-state index in [1.807, 2.05) is 53.4 Å². The number of aromatic amines is 1. The number of pyridine rings is 1. The van der Waals surface area contributed by atoms with Crippen LogP contribution in [0.4, 0.5) is 0 Å². The number of hydrogen-bond donors (Lipinski definition) is 1. The predicted molar refractivity (Wildman–Crippen MR) is 102 cm³/mol. The molecule has 0 saturated carbocycles. The first-order valence-corrected chi connectivity index (χ1v) is 8.89. The maximum Gasteiger partial charge on any atom is 0.246 e. The molecule has 1 aromatic carbocycles. The van der Waals surface area contributed by atoms with E-state index in [4.69, 9.17) is 4.74 Å². The van der Waals surface area contributed by atoms with Crippen molar-refractivity contribution in [2.24, 2.45) is 0 Å². The average Bonchev–Trinajstić information content (AvgIpc) is 3.14. The molecule has 0 saturated heterocycles. The van der Waals surface area contributed by atoms with Gasteiger partial charge in [0, 0.05) is 49.2 Å². The Balaban J connectivity index is 1.42. The molecule has 6 nitrogen and oxygen atoms in total. The van der Waals surface area contributed by atoms with E-state index in [1.54, 1.807) is 18.5 Å². The molecule has 4 rings (SSSR count). The normalized spacial score (nSPS) is 13.6. The zero-order chi connectivity index (χ0) is 18.5. The summed E-state index contributed by atoms with van der Waals surface area (Å²) in [5.41, 5.74) is 3.95. The second-order valence-corrected chi connectivity index (χ2v) is 6.35. The molecule has 3 heterocycles. The molecular formula is C21H20N4O2. The van der Waals surface area contributed by atoms with E-state index in [0.29, 0.717) is 19.7 Å². The van der Waals surface area contributed by atoms with Crippen molar-refractivity contribution in [1.82, 2.24) is 20.1 Å². The third-order valence-corrected chi connectivity index (χ3v) is 4.57. The van der Waals surface area contributed by atoms with E-state index < -0.39 is 0 Å². The summed E-state index contributed by atoms with van der Waals surface area (Å²) in [6, 6.07) is 13.4. The molecular weight excluding hydrogens is 340 g/mol. The number of hydrogen-bond acceptors (Lipinski definition) is 4. The van der Waals surface area contributed by atoms with Gasteiger partial charge in [0.15, 0.2) is 0 Å². The van der Waals surface area contributed by atoms with Gasteiger partial charge in [-0.05, 0) is 35.9 Å². The Morgan fingerprint density at radius 2 is 2.00 bits per heavy atom. The number of benzene rings is 1. The molecule has 0 atom stereocenters. The summed E-state index contributed by atoms with van der Waals surface area (Å²) in [6.07, 6.45) is 7.61. The van der Waals surface area contributed by atoms with Crippen LogP contribution in [0.5, 0.6) is 5.75 Å². The van der Waals surface area contributed by atoms with E-state index in [0.717, 1.165) is 34.7 Å². The Morgan fingerprint density at radius 3 is 2.81 bits per heavy atom. The largest absolute Gasteiger partial charge is 0.487 e. The standard InChI is InChI=1S/C21H20N4O2/c26-21(7-6-16-8-11-22-12-9-16)25-13-10-19-18(14-25)20(24-23-19)15-27-17-4-2-1-3-5-17/h1-9,11-12H,10,13-15H2,(H,23,24)/b7-6+. The predicted octanol–water partition coefficient (Wildman–Crippen LogP) is 2.98. The molecule has 1 aliphatic rings. The van der Waals surface area contributed by atoms with Gasteiger partial charge in [-0.3, -0.25) is 14.9 Å². The number of ether oxygens (including phenoxy) is 1. The Hall–Kier alpha value is -3.41. The number of nitrogens with one attached hydrogen (secondary N) is 1. The molecule has 0 fully saturated rings. The number of carbonyl (C=O) groups excluding carboxylic acids is 1. The smallest absolute Gasteiger partial charge is 0.246 e. The van der Waals surface area contributed by atoms with Gasteiger partial charge in [0.1, 0.15) is 18.1 Å².